The second kappa shape index (κ2) is 8.80. The van der Waals surface area contributed by atoms with Gasteiger partial charge in [0.05, 0.1) is 12.3 Å². The summed E-state index contributed by atoms with van der Waals surface area (Å²) in [6.45, 7) is 2.16. The van der Waals surface area contributed by atoms with Crippen LogP contribution in [0.15, 0.2) is 51.4 Å². The van der Waals surface area contributed by atoms with Crippen LogP contribution in [0.5, 0.6) is 0 Å². The Morgan fingerprint density at radius 1 is 1.29 bits per heavy atom. The summed E-state index contributed by atoms with van der Waals surface area (Å²) in [5.41, 5.74) is 5.74. The van der Waals surface area contributed by atoms with Gasteiger partial charge in [0.2, 0.25) is 5.91 Å². The van der Waals surface area contributed by atoms with Gasteiger partial charge < -0.3 is 15.2 Å². The number of hydrogen-bond donors (Lipinski definition) is 2. The molecule has 3 N–H and O–H groups in total. The zero-order valence-electron chi connectivity index (χ0n) is 17.0. The maximum absolute atomic E-state index is 13.0. The highest BCUT2D eigenvalue weighted by Crippen LogP contribution is 2.37. The van der Waals surface area contributed by atoms with Gasteiger partial charge in [-0.25, -0.2) is 4.79 Å². The van der Waals surface area contributed by atoms with E-state index in [1.807, 2.05) is 34.9 Å². The van der Waals surface area contributed by atoms with Crippen molar-refractivity contribution in [1.82, 2.24) is 24.3 Å². The fourth-order valence-electron chi connectivity index (χ4n) is 3.36. The second-order valence-electron chi connectivity index (χ2n) is 7.24. The molecule has 31 heavy (non-hydrogen) atoms. The quantitative estimate of drug-likeness (QED) is 0.503. The van der Waals surface area contributed by atoms with E-state index in [0.29, 0.717) is 11.2 Å². The summed E-state index contributed by atoms with van der Waals surface area (Å²) in [5, 5.41) is 8.68. The van der Waals surface area contributed by atoms with Crippen LogP contribution in [0, 0.1) is 0 Å². The Balaban J connectivity index is 1.59. The Morgan fingerprint density at radius 3 is 2.71 bits per heavy atom. The van der Waals surface area contributed by atoms with Crippen LogP contribution in [0.3, 0.4) is 0 Å². The summed E-state index contributed by atoms with van der Waals surface area (Å²) < 4.78 is 3.23. The number of nitrogens with two attached hydrogens (primary N) is 1. The van der Waals surface area contributed by atoms with Gasteiger partial charge >= 0.3 is 5.69 Å². The normalized spacial score (nSPS) is 13.3. The van der Waals surface area contributed by atoms with Crippen molar-refractivity contribution in [3.8, 4) is 0 Å². The van der Waals surface area contributed by atoms with Crippen molar-refractivity contribution in [3.05, 3.63) is 63.1 Å². The Labute approximate surface area is 182 Å². The lowest BCUT2D eigenvalue weighted by atomic mass is 10.2. The van der Waals surface area contributed by atoms with Gasteiger partial charge in [-0.3, -0.25) is 19.1 Å². The van der Waals surface area contributed by atoms with E-state index < -0.39 is 11.2 Å². The molecule has 10 nitrogen and oxygen atoms in total. The Morgan fingerprint density at radius 2 is 2.03 bits per heavy atom. The summed E-state index contributed by atoms with van der Waals surface area (Å²) in [5.74, 6) is -0.283. The van der Waals surface area contributed by atoms with Gasteiger partial charge in [0, 0.05) is 12.6 Å². The first-order valence-corrected chi connectivity index (χ1v) is 11.0. The van der Waals surface area contributed by atoms with Crippen molar-refractivity contribution in [3.63, 3.8) is 0 Å². The number of hydrogen-bond acceptors (Lipinski definition) is 7. The third kappa shape index (κ3) is 4.41. The van der Waals surface area contributed by atoms with Crippen LogP contribution in [0.1, 0.15) is 31.4 Å². The molecule has 3 aromatic rings. The molecule has 11 heteroatoms. The molecule has 1 aliphatic carbocycles. The first-order valence-electron chi connectivity index (χ1n) is 9.98. The van der Waals surface area contributed by atoms with Gasteiger partial charge in [0.15, 0.2) is 10.8 Å². The molecule has 0 unspecified atom stereocenters. The van der Waals surface area contributed by atoms with Crippen LogP contribution < -0.4 is 21.9 Å². The Hall–Kier alpha value is -3.34. The maximum atomic E-state index is 13.0. The monoisotopic (exact) mass is 441 g/mol. The van der Waals surface area contributed by atoms with E-state index in [1.165, 1.54) is 21.2 Å². The van der Waals surface area contributed by atoms with E-state index >= 15 is 0 Å². The van der Waals surface area contributed by atoms with Crippen LogP contribution in [0.25, 0.3) is 0 Å². The molecule has 0 atom stereocenters. The first kappa shape index (κ1) is 20.9. The maximum Gasteiger partial charge on any atom is 0.330 e. The molecule has 162 valence electrons. The van der Waals surface area contributed by atoms with E-state index in [4.69, 9.17) is 5.73 Å². The van der Waals surface area contributed by atoms with Crippen molar-refractivity contribution in [2.24, 2.45) is 0 Å². The highest BCUT2D eigenvalue weighted by molar-refractivity contribution is 7.99. The molecule has 2 aromatic heterocycles. The zero-order chi connectivity index (χ0) is 22.0. The van der Waals surface area contributed by atoms with E-state index in [1.54, 1.807) is 13.3 Å². The number of aromatic nitrogens is 5. The second-order valence-corrected chi connectivity index (χ2v) is 8.19. The lowest BCUT2D eigenvalue weighted by Gasteiger charge is -2.23. The average Bonchev–Trinajstić information content (AvgIpc) is 3.50. The molecule has 1 aromatic carbocycles. The highest BCUT2D eigenvalue weighted by Gasteiger charge is 2.28. The molecule has 0 bridgehead atoms. The van der Waals surface area contributed by atoms with Crippen molar-refractivity contribution in [2.75, 3.05) is 22.9 Å². The SMILES string of the molecule is CCN(C(=O)CSc1nncn1C1CC1)c1c(N)n(Cc2ccccc2)c(=O)[nH]c1=O. The number of benzene rings is 1. The van der Waals surface area contributed by atoms with E-state index in [-0.39, 0.29) is 36.3 Å². The largest absolute Gasteiger partial charge is 0.383 e. The number of H-pyrrole nitrogens is 1. The van der Waals surface area contributed by atoms with Crippen LogP contribution in [0.4, 0.5) is 11.5 Å². The minimum atomic E-state index is -0.687. The number of thioether (sulfide) groups is 1. The van der Waals surface area contributed by atoms with E-state index in [0.717, 1.165) is 18.4 Å². The number of amides is 1. The van der Waals surface area contributed by atoms with Gasteiger partial charge in [-0.15, -0.1) is 10.2 Å². The average molecular weight is 442 g/mol. The molecule has 4 rings (SSSR count). The number of nitrogens with one attached hydrogen (secondary N) is 1. The zero-order valence-corrected chi connectivity index (χ0v) is 17.8. The molecule has 1 fully saturated rings. The molecule has 1 amide bonds. The summed E-state index contributed by atoms with van der Waals surface area (Å²) in [4.78, 5) is 41.5. The fourth-order valence-corrected chi connectivity index (χ4v) is 4.22. The van der Waals surface area contributed by atoms with Crippen LogP contribution >= 0.6 is 11.8 Å². The lowest BCUT2D eigenvalue weighted by Crippen LogP contribution is -2.41. The fraction of sp³-hybridized carbons (Fsp3) is 0.350. The van der Waals surface area contributed by atoms with Crippen LogP contribution in [0.2, 0.25) is 0 Å². The Bertz CT molecular complexity index is 1200. The third-order valence-electron chi connectivity index (χ3n) is 5.09. The smallest absolute Gasteiger partial charge is 0.330 e. The molecular formula is C20H23N7O3S. The topological polar surface area (TPSA) is 132 Å². The standard InChI is InChI=1S/C20H23N7O3S/c1-2-25(15(28)11-31-20-24-22-12-27(20)14-8-9-14)16-17(21)26(19(30)23-18(16)29)10-13-6-4-3-5-7-13/h3-7,12,14H,2,8-11,21H2,1H3,(H,23,29,30). The molecule has 1 saturated carbocycles. The summed E-state index contributed by atoms with van der Waals surface area (Å²) >= 11 is 1.27. The van der Waals surface area contributed by atoms with E-state index in [9.17, 15) is 14.4 Å². The van der Waals surface area contributed by atoms with Crippen molar-refractivity contribution >= 4 is 29.2 Å². The molecule has 0 aliphatic heterocycles. The molecule has 1 aliphatic rings. The van der Waals surface area contributed by atoms with Crippen LogP contribution in [-0.4, -0.2) is 42.5 Å². The van der Waals surface area contributed by atoms with Crippen LogP contribution in [-0.2, 0) is 11.3 Å². The van der Waals surface area contributed by atoms with E-state index in [2.05, 4.69) is 15.2 Å². The number of carbonyl (C=O) groups excluding carboxylic acids is 1. The van der Waals surface area contributed by atoms with Gasteiger partial charge in [-0.2, -0.15) is 0 Å². The predicted octanol–water partition coefficient (Wildman–Crippen LogP) is 1.24. The number of rotatable bonds is 8. The van der Waals surface area contributed by atoms with Crippen molar-refractivity contribution < 1.29 is 4.79 Å². The first-order chi connectivity index (χ1) is 15.0. The summed E-state index contributed by atoms with van der Waals surface area (Å²) in [6.07, 6.45) is 3.83. The van der Waals surface area contributed by atoms with Gasteiger partial charge in [-0.05, 0) is 25.3 Å². The third-order valence-corrected chi connectivity index (χ3v) is 6.03. The summed E-state index contributed by atoms with van der Waals surface area (Å²) in [6, 6.07) is 9.67. The van der Waals surface area contributed by atoms with Gasteiger partial charge in [-0.1, -0.05) is 42.1 Å². The number of nitrogen functional groups attached to an aromatic ring is 1. The number of aromatic amines is 1. The molecule has 0 radical (unpaired) electrons. The predicted molar refractivity (Wildman–Crippen MR) is 118 cm³/mol. The van der Waals surface area contributed by atoms with Gasteiger partial charge in [0.25, 0.3) is 5.56 Å². The van der Waals surface area contributed by atoms with Crippen molar-refractivity contribution in [2.45, 2.75) is 37.5 Å². The van der Waals surface area contributed by atoms with Gasteiger partial charge in [0.1, 0.15) is 12.1 Å². The summed E-state index contributed by atoms with van der Waals surface area (Å²) in [7, 11) is 0. The molecular weight excluding hydrogens is 418 g/mol. The molecule has 0 spiro atoms. The minimum Gasteiger partial charge on any atom is -0.383 e. The molecule has 0 saturated heterocycles. The Kier molecular flexibility index (Phi) is 5.94. The number of carbonyl (C=O) groups is 1. The number of anilines is 2. The minimum absolute atomic E-state index is 0.0210. The van der Waals surface area contributed by atoms with Crippen molar-refractivity contribution in [1.29, 1.82) is 0 Å². The molecule has 2 heterocycles. The number of nitrogens with zero attached hydrogens (tertiary/aromatic N) is 5. The highest BCUT2D eigenvalue weighted by atomic mass is 32.2. The lowest BCUT2D eigenvalue weighted by molar-refractivity contribution is -0.116.